The van der Waals surface area contributed by atoms with E-state index >= 15 is 0 Å². The molecule has 1 amide bonds. The number of nitrogen functional groups attached to an aromatic ring is 1. The quantitative estimate of drug-likeness (QED) is 0.650. The summed E-state index contributed by atoms with van der Waals surface area (Å²) in [4.78, 5) is 18.0. The van der Waals surface area contributed by atoms with Crippen LogP contribution in [0.15, 0.2) is 42.6 Å². The maximum atomic E-state index is 12.3. The van der Waals surface area contributed by atoms with Crippen molar-refractivity contribution in [2.75, 3.05) is 17.4 Å². The number of aryl methyl sites for hydroxylation is 1. The van der Waals surface area contributed by atoms with Crippen LogP contribution in [-0.2, 0) is 0 Å². The summed E-state index contributed by atoms with van der Waals surface area (Å²) < 4.78 is 0. The zero-order chi connectivity index (χ0) is 13.8. The van der Waals surface area contributed by atoms with Crippen LogP contribution in [0.4, 0.5) is 11.5 Å². The van der Waals surface area contributed by atoms with Crippen molar-refractivity contribution in [1.29, 1.82) is 0 Å². The van der Waals surface area contributed by atoms with Gasteiger partial charge in [-0.25, -0.2) is 10.8 Å². The molecule has 1 heterocycles. The van der Waals surface area contributed by atoms with Gasteiger partial charge in [0.05, 0.1) is 5.56 Å². The molecular formula is C14H16N4O. The highest BCUT2D eigenvalue weighted by Crippen LogP contribution is 2.20. The van der Waals surface area contributed by atoms with Crippen molar-refractivity contribution < 1.29 is 4.79 Å². The fourth-order valence-corrected chi connectivity index (χ4v) is 1.85. The molecule has 0 spiro atoms. The molecule has 0 saturated carbocycles. The van der Waals surface area contributed by atoms with Gasteiger partial charge in [-0.05, 0) is 30.7 Å². The van der Waals surface area contributed by atoms with Gasteiger partial charge < -0.3 is 10.3 Å². The summed E-state index contributed by atoms with van der Waals surface area (Å²) in [5.74, 6) is 5.66. The number of rotatable bonds is 3. The van der Waals surface area contributed by atoms with Crippen molar-refractivity contribution in [3.63, 3.8) is 0 Å². The minimum Gasteiger partial charge on any atom is -0.311 e. The third-order valence-electron chi connectivity index (χ3n) is 2.94. The Kier molecular flexibility index (Phi) is 3.77. The first-order valence-corrected chi connectivity index (χ1v) is 5.90. The number of carbonyl (C=O) groups is 1. The molecule has 1 aromatic heterocycles. The molecule has 0 unspecified atom stereocenters. The van der Waals surface area contributed by atoms with Crippen LogP contribution >= 0.6 is 0 Å². The molecule has 2 aromatic rings. The first-order valence-electron chi connectivity index (χ1n) is 5.90. The SMILES string of the molecule is Cc1ccccc1N(C)C(=O)c1ccc(NN)nc1. The highest BCUT2D eigenvalue weighted by molar-refractivity contribution is 6.06. The normalized spacial score (nSPS) is 10.1. The fraction of sp³-hybridized carbons (Fsp3) is 0.143. The summed E-state index contributed by atoms with van der Waals surface area (Å²) >= 11 is 0. The lowest BCUT2D eigenvalue weighted by atomic mass is 10.1. The lowest BCUT2D eigenvalue weighted by molar-refractivity contribution is 0.0992. The highest BCUT2D eigenvalue weighted by Gasteiger charge is 2.15. The average molecular weight is 256 g/mol. The molecule has 0 radical (unpaired) electrons. The number of carbonyl (C=O) groups excluding carboxylic acids is 1. The molecule has 98 valence electrons. The predicted octanol–water partition coefficient (Wildman–Crippen LogP) is 1.95. The molecule has 0 aliphatic rings. The summed E-state index contributed by atoms with van der Waals surface area (Å²) in [6, 6.07) is 11.1. The zero-order valence-electron chi connectivity index (χ0n) is 10.9. The van der Waals surface area contributed by atoms with Crippen LogP contribution in [-0.4, -0.2) is 17.9 Å². The van der Waals surface area contributed by atoms with Crippen molar-refractivity contribution in [3.8, 4) is 0 Å². The third kappa shape index (κ3) is 2.71. The Bertz CT molecular complexity index is 580. The maximum Gasteiger partial charge on any atom is 0.259 e. The lowest BCUT2D eigenvalue weighted by Crippen LogP contribution is -2.27. The van der Waals surface area contributed by atoms with Gasteiger partial charge in [-0.2, -0.15) is 0 Å². The summed E-state index contributed by atoms with van der Waals surface area (Å²) in [5.41, 5.74) is 4.88. The van der Waals surface area contributed by atoms with Crippen LogP contribution in [0.25, 0.3) is 0 Å². The van der Waals surface area contributed by atoms with Crippen molar-refractivity contribution in [3.05, 3.63) is 53.7 Å². The topological polar surface area (TPSA) is 71.2 Å². The molecule has 0 saturated heterocycles. The lowest BCUT2D eigenvalue weighted by Gasteiger charge is -2.19. The van der Waals surface area contributed by atoms with E-state index in [1.165, 1.54) is 6.20 Å². The molecule has 19 heavy (non-hydrogen) atoms. The average Bonchev–Trinajstić information content (AvgIpc) is 2.46. The number of aromatic nitrogens is 1. The van der Waals surface area contributed by atoms with Crippen molar-refractivity contribution in [1.82, 2.24) is 4.98 Å². The summed E-state index contributed by atoms with van der Waals surface area (Å²) in [6.07, 6.45) is 1.51. The molecule has 0 atom stereocenters. The molecule has 0 bridgehead atoms. The van der Waals surface area contributed by atoms with E-state index in [1.807, 2.05) is 31.2 Å². The Balaban J connectivity index is 2.26. The van der Waals surface area contributed by atoms with E-state index in [-0.39, 0.29) is 5.91 Å². The first kappa shape index (κ1) is 13.0. The number of hydrogen-bond donors (Lipinski definition) is 2. The van der Waals surface area contributed by atoms with Crippen LogP contribution in [0.2, 0.25) is 0 Å². The van der Waals surface area contributed by atoms with Gasteiger partial charge in [0, 0.05) is 18.9 Å². The van der Waals surface area contributed by atoms with Crippen molar-refractivity contribution >= 4 is 17.4 Å². The Morgan fingerprint density at radius 2 is 2.00 bits per heavy atom. The maximum absolute atomic E-state index is 12.3. The van der Waals surface area contributed by atoms with Crippen LogP contribution in [0.1, 0.15) is 15.9 Å². The van der Waals surface area contributed by atoms with Crippen molar-refractivity contribution in [2.24, 2.45) is 5.84 Å². The number of nitrogens with one attached hydrogen (secondary N) is 1. The van der Waals surface area contributed by atoms with E-state index in [9.17, 15) is 4.79 Å². The molecule has 0 fully saturated rings. The predicted molar refractivity (Wildman–Crippen MR) is 76.0 cm³/mol. The largest absolute Gasteiger partial charge is 0.311 e. The molecule has 1 aromatic carbocycles. The number of pyridine rings is 1. The molecule has 5 nitrogen and oxygen atoms in total. The minimum atomic E-state index is -0.106. The Hall–Kier alpha value is -2.40. The number of anilines is 2. The van der Waals surface area contributed by atoms with Gasteiger partial charge in [0.2, 0.25) is 0 Å². The molecule has 5 heteroatoms. The molecular weight excluding hydrogens is 240 g/mol. The molecule has 3 N–H and O–H groups in total. The molecule has 2 rings (SSSR count). The number of nitrogens with zero attached hydrogens (tertiary/aromatic N) is 2. The number of nitrogens with two attached hydrogens (primary N) is 1. The Morgan fingerprint density at radius 3 is 2.58 bits per heavy atom. The fourth-order valence-electron chi connectivity index (χ4n) is 1.85. The van der Waals surface area contributed by atoms with Crippen LogP contribution in [0.3, 0.4) is 0 Å². The molecule has 0 aliphatic carbocycles. The highest BCUT2D eigenvalue weighted by atomic mass is 16.2. The number of benzene rings is 1. The van der Waals surface area contributed by atoms with Gasteiger partial charge in [-0.3, -0.25) is 4.79 Å². The second-order valence-corrected chi connectivity index (χ2v) is 4.23. The second-order valence-electron chi connectivity index (χ2n) is 4.23. The zero-order valence-corrected chi connectivity index (χ0v) is 10.9. The van der Waals surface area contributed by atoms with Gasteiger partial charge in [-0.1, -0.05) is 18.2 Å². The van der Waals surface area contributed by atoms with Gasteiger partial charge in [0.25, 0.3) is 5.91 Å². The molecule has 0 aliphatic heterocycles. The van der Waals surface area contributed by atoms with Crippen LogP contribution in [0, 0.1) is 6.92 Å². The monoisotopic (exact) mass is 256 g/mol. The summed E-state index contributed by atoms with van der Waals surface area (Å²) in [7, 11) is 1.75. The van der Waals surface area contributed by atoms with Crippen LogP contribution in [0.5, 0.6) is 0 Å². The van der Waals surface area contributed by atoms with E-state index in [1.54, 1.807) is 24.1 Å². The van der Waals surface area contributed by atoms with Gasteiger partial charge >= 0.3 is 0 Å². The first-order chi connectivity index (χ1) is 9.13. The Morgan fingerprint density at radius 1 is 1.26 bits per heavy atom. The Labute approximate surface area is 112 Å². The van der Waals surface area contributed by atoms with E-state index in [0.29, 0.717) is 11.4 Å². The van der Waals surface area contributed by atoms with Gasteiger partial charge in [0.15, 0.2) is 0 Å². The van der Waals surface area contributed by atoms with E-state index in [2.05, 4.69) is 10.4 Å². The minimum absolute atomic E-state index is 0.106. The number of para-hydroxylation sites is 1. The smallest absolute Gasteiger partial charge is 0.259 e. The second kappa shape index (κ2) is 5.49. The number of hydrazine groups is 1. The van der Waals surface area contributed by atoms with Gasteiger partial charge in [-0.15, -0.1) is 0 Å². The van der Waals surface area contributed by atoms with Crippen LogP contribution < -0.4 is 16.2 Å². The number of hydrogen-bond acceptors (Lipinski definition) is 4. The van der Waals surface area contributed by atoms with Gasteiger partial charge in [0.1, 0.15) is 5.82 Å². The number of amides is 1. The van der Waals surface area contributed by atoms with E-state index in [0.717, 1.165) is 11.3 Å². The standard InChI is InChI=1S/C14H16N4O/c1-10-5-3-4-6-12(10)18(2)14(19)11-7-8-13(17-15)16-9-11/h3-9H,15H2,1-2H3,(H,16,17). The van der Waals surface area contributed by atoms with Crippen molar-refractivity contribution in [2.45, 2.75) is 6.92 Å². The van der Waals surface area contributed by atoms with E-state index in [4.69, 9.17) is 5.84 Å². The van der Waals surface area contributed by atoms with E-state index < -0.39 is 0 Å². The summed E-state index contributed by atoms with van der Waals surface area (Å²) in [5, 5.41) is 0. The third-order valence-corrected chi connectivity index (χ3v) is 2.94. The summed E-state index contributed by atoms with van der Waals surface area (Å²) in [6.45, 7) is 1.97.